The van der Waals surface area contributed by atoms with E-state index in [0.717, 1.165) is 31.3 Å². The van der Waals surface area contributed by atoms with Crippen LogP contribution in [0.15, 0.2) is 36.7 Å². The third kappa shape index (κ3) is 3.48. The van der Waals surface area contributed by atoms with Gasteiger partial charge in [-0.25, -0.2) is 4.98 Å². The molecule has 0 N–H and O–H groups in total. The maximum Gasteiger partial charge on any atom is 0.123 e. The highest BCUT2D eigenvalue weighted by atomic mass is 16.5. The zero-order valence-corrected chi connectivity index (χ0v) is 14.5. The zero-order chi connectivity index (χ0) is 16.4. The number of hydrogen-bond donors (Lipinski definition) is 0. The maximum atomic E-state index is 5.51. The Kier molecular flexibility index (Phi) is 4.56. The van der Waals surface area contributed by atoms with Crippen LogP contribution in [-0.4, -0.2) is 34.7 Å². The van der Waals surface area contributed by atoms with Gasteiger partial charge in [0.15, 0.2) is 0 Å². The van der Waals surface area contributed by atoms with Crippen molar-refractivity contribution in [2.45, 2.75) is 44.7 Å². The number of rotatable bonds is 6. The van der Waals surface area contributed by atoms with Gasteiger partial charge in [-0.3, -0.25) is 4.90 Å². The van der Waals surface area contributed by atoms with E-state index in [1.165, 1.54) is 43.6 Å². The molecule has 0 radical (unpaired) electrons. The van der Waals surface area contributed by atoms with Crippen molar-refractivity contribution in [3.05, 3.63) is 48.0 Å². The lowest BCUT2D eigenvalue weighted by atomic mass is 9.96. The molecule has 0 amide bonds. The first-order valence-electron chi connectivity index (χ1n) is 9.19. The number of ether oxygens (including phenoxy) is 1. The van der Waals surface area contributed by atoms with Crippen molar-refractivity contribution in [1.82, 2.24) is 14.5 Å². The molecule has 0 unspecified atom stereocenters. The molecule has 4 nitrogen and oxygen atoms in total. The lowest BCUT2D eigenvalue weighted by Gasteiger charge is -2.33. The van der Waals surface area contributed by atoms with Crippen LogP contribution in [0.1, 0.15) is 43.0 Å². The second-order valence-electron chi connectivity index (χ2n) is 7.27. The van der Waals surface area contributed by atoms with Gasteiger partial charge in [0, 0.05) is 43.5 Å². The lowest BCUT2D eigenvalue weighted by molar-refractivity contribution is 0.192. The smallest absolute Gasteiger partial charge is 0.123 e. The number of likely N-dealkylation sites (tertiary alicyclic amines) is 1. The van der Waals surface area contributed by atoms with E-state index >= 15 is 0 Å². The molecule has 1 saturated carbocycles. The first kappa shape index (κ1) is 15.7. The van der Waals surface area contributed by atoms with Crippen molar-refractivity contribution in [2.24, 2.45) is 5.92 Å². The summed E-state index contributed by atoms with van der Waals surface area (Å²) in [7, 11) is 1.76. The minimum Gasteiger partial charge on any atom is -0.496 e. The molecule has 128 valence electrons. The van der Waals surface area contributed by atoms with Crippen LogP contribution in [-0.2, 0) is 13.1 Å². The van der Waals surface area contributed by atoms with Gasteiger partial charge in [-0.1, -0.05) is 18.2 Å². The third-order valence-electron chi connectivity index (χ3n) is 5.36. The molecule has 2 aromatic rings. The Morgan fingerprint density at radius 2 is 2.08 bits per heavy atom. The summed E-state index contributed by atoms with van der Waals surface area (Å²) in [6.45, 7) is 4.39. The lowest BCUT2D eigenvalue weighted by Crippen LogP contribution is -2.35. The Balaban J connectivity index is 1.45. The van der Waals surface area contributed by atoms with Crippen molar-refractivity contribution in [3.8, 4) is 5.75 Å². The quantitative estimate of drug-likeness (QED) is 0.811. The van der Waals surface area contributed by atoms with Gasteiger partial charge in [-0.15, -0.1) is 0 Å². The molecule has 1 saturated heterocycles. The van der Waals surface area contributed by atoms with E-state index in [4.69, 9.17) is 9.72 Å². The summed E-state index contributed by atoms with van der Waals surface area (Å²) < 4.78 is 7.92. The van der Waals surface area contributed by atoms with Crippen molar-refractivity contribution >= 4 is 0 Å². The van der Waals surface area contributed by atoms with E-state index in [9.17, 15) is 0 Å². The fourth-order valence-corrected chi connectivity index (χ4v) is 3.90. The van der Waals surface area contributed by atoms with Gasteiger partial charge in [0.25, 0.3) is 0 Å². The van der Waals surface area contributed by atoms with E-state index in [1.54, 1.807) is 7.11 Å². The summed E-state index contributed by atoms with van der Waals surface area (Å²) in [4.78, 5) is 7.27. The van der Waals surface area contributed by atoms with Crippen LogP contribution in [0.25, 0.3) is 0 Å². The first-order valence-corrected chi connectivity index (χ1v) is 9.19. The highest BCUT2D eigenvalue weighted by molar-refractivity contribution is 5.33. The third-order valence-corrected chi connectivity index (χ3v) is 5.36. The van der Waals surface area contributed by atoms with Gasteiger partial charge >= 0.3 is 0 Å². The Morgan fingerprint density at radius 3 is 2.92 bits per heavy atom. The molecule has 2 heterocycles. The fourth-order valence-electron chi connectivity index (χ4n) is 3.90. The predicted molar refractivity (Wildman–Crippen MR) is 95.2 cm³/mol. The van der Waals surface area contributed by atoms with Gasteiger partial charge in [0.05, 0.1) is 7.11 Å². The van der Waals surface area contributed by atoms with Crippen molar-refractivity contribution < 1.29 is 4.74 Å². The van der Waals surface area contributed by atoms with Crippen LogP contribution in [0.3, 0.4) is 0 Å². The number of hydrogen-bond acceptors (Lipinski definition) is 3. The maximum absolute atomic E-state index is 5.51. The second kappa shape index (κ2) is 6.98. The molecular weight excluding hydrogens is 298 g/mol. The van der Waals surface area contributed by atoms with Gasteiger partial charge in [-0.05, 0) is 44.2 Å². The Morgan fingerprint density at radius 1 is 1.21 bits per heavy atom. The highest BCUT2D eigenvalue weighted by Gasteiger charge is 2.28. The Labute approximate surface area is 144 Å². The molecule has 24 heavy (non-hydrogen) atoms. The zero-order valence-electron chi connectivity index (χ0n) is 14.5. The number of aromatic nitrogens is 2. The van der Waals surface area contributed by atoms with Crippen LogP contribution in [0, 0.1) is 5.92 Å². The number of nitrogens with zero attached hydrogens (tertiary/aromatic N) is 3. The van der Waals surface area contributed by atoms with Crippen LogP contribution >= 0.6 is 0 Å². The van der Waals surface area contributed by atoms with Crippen molar-refractivity contribution in [1.29, 1.82) is 0 Å². The molecule has 4 rings (SSSR count). The monoisotopic (exact) mass is 325 g/mol. The van der Waals surface area contributed by atoms with Crippen LogP contribution in [0.4, 0.5) is 0 Å². The van der Waals surface area contributed by atoms with Gasteiger partial charge in [-0.2, -0.15) is 0 Å². The number of methoxy groups -OCH3 is 1. The topological polar surface area (TPSA) is 30.3 Å². The number of para-hydroxylation sites is 1. The molecule has 0 bridgehead atoms. The first-order chi connectivity index (χ1) is 11.8. The van der Waals surface area contributed by atoms with Crippen LogP contribution in [0.2, 0.25) is 0 Å². The number of imidazole rings is 1. The van der Waals surface area contributed by atoms with E-state index in [-0.39, 0.29) is 0 Å². The van der Waals surface area contributed by atoms with Crippen molar-refractivity contribution in [3.63, 3.8) is 0 Å². The normalized spacial score (nSPS) is 21.8. The molecule has 1 atom stereocenters. The largest absolute Gasteiger partial charge is 0.496 e. The molecule has 1 aliphatic heterocycles. The molecule has 4 heteroatoms. The second-order valence-corrected chi connectivity index (χ2v) is 7.27. The number of benzene rings is 1. The molecule has 2 fully saturated rings. The van der Waals surface area contributed by atoms with Crippen molar-refractivity contribution in [2.75, 3.05) is 20.2 Å². The van der Waals surface area contributed by atoms with Crippen LogP contribution in [0.5, 0.6) is 5.75 Å². The predicted octanol–water partition coefficient (Wildman–Crippen LogP) is 3.68. The molecular formula is C20H27N3O. The summed E-state index contributed by atoms with van der Waals surface area (Å²) in [6.07, 6.45) is 9.44. The average molecular weight is 325 g/mol. The fraction of sp³-hybridized carbons (Fsp3) is 0.550. The average Bonchev–Trinajstić information content (AvgIpc) is 3.31. The van der Waals surface area contributed by atoms with E-state index in [0.29, 0.717) is 5.92 Å². The number of piperidine rings is 1. The standard InChI is InChI=1S/C20H27N3O/c1-24-19-7-3-2-5-17(19)14-22-11-4-6-18(15-22)20-21-10-12-23(20)13-16-8-9-16/h2-3,5,7,10,12,16,18H,4,6,8-9,11,13-15H2,1H3/t18-/m1/s1. The van der Waals surface area contributed by atoms with E-state index in [1.807, 2.05) is 12.3 Å². The van der Waals surface area contributed by atoms with Gasteiger partial charge < -0.3 is 9.30 Å². The molecule has 1 aliphatic carbocycles. The molecule has 1 aromatic carbocycles. The molecule has 2 aliphatic rings. The highest BCUT2D eigenvalue weighted by Crippen LogP contribution is 2.33. The Hall–Kier alpha value is -1.81. The SMILES string of the molecule is COc1ccccc1CN1CCC[C@@H](c2nccn2CC2CC2)C1. The summed E-state index contributed by atoms with van der Waals surface area (Å²) in [5.41, 5.74) is 1.28. The minimum atomic E-state index is 0.558. The summed E-state index contributed by atoms with van der Waals surface area (Å²) in [6, 6.07) is 8.37. The summed E-state index contributed by atoms with van der Waals surface area (Å²) >= 11 is 0. The summed E-state index contributed by atoms with van der Waals surface area (Å²) in [5.74, 6) is 3.75. The van der Waals surface area contributed by atoms with Gasteiger partial charge in [0.1, 0.15) is 11.6 Å². The molecule has 0 spiro atoms. The minimum absolute atomic E-state index is 0.558. The Bertz CT molecular complexity index is 677. The van der Waals surface area contributed by atoms with E-state index < -0.39 is 0 Å². The van der Waals surface area contributed by atoms with E-state index in [2.05, 4.69) is 33.9 Å². The van der Waals surface area contributed by atoms with Crippen LogP contribution < -0.4 is 4.74 Å². The summed E-state index contributed by atoms with van der Waals surface area (Å²) in [5, 5.41) is 0. The van der Waals surface area contributed by atoms with Gasteiger partial charge in [0.2, 0.25) is 0 Å². The molecule has 1 aromatic heterocycles.